The van der Waals surface area contributed by atoms with Gasteiger partial charge >= 0.3 is 0 Å². The third kappa shape index (κ3) is 5.48. The molecule has 0 spiro atoms. The Labute approximate surface area is 286 Å². The predicted molar refractivity (Wildman–Crippen MR) is 203 cm³/mol. The SMILES string of the molecule is c1ccc(-c2ccc(C3NC(c4cccc(-n5c6ccccc6c6ccc(-c7ccccc7)cc65)c4)=NC(c4ccccc4)N3)cc2)cc1. The summed E-state index contributed by atoms with van der Waals surface area (Å²) in [5.41, 5.74) is 11.6. The molecule has 1 aliphatic heterocycles. The lowest BCUT2D eigenvalue weighted by Gasteiger charge is -2.32. The van der Waals surface area contributed by atoms with E-state index in [1.54, 1.807) is 0 Å². The van der Waals surface area contributed by atoms with Gasteiger partial charge in [0, 0.05) is 22.0 Å². The van der Waals surface area contributed by atoms with Crippen molar-refractivity contribution in [3.05, 3.63) is 199 Å². The molecule has 0 fully saturated rings. The van der Waals surface area contributed by atoms with Crippen LogP contribution in [0.2, 0.25) is 0 Å². The molecule has 4 nitrogen and oxygen atoms in total. The molecule has 49 heavy (non-hydrogen) atoms. The van der Waals surface area contributed by atoms with E-state index < -0.39 is 0 Å². The zero-order valence-corrected chi connectivity index (χ0v) is 26.9. The van der Waals surface area contributed by atoms with E-state index in [1.807, 2.05) is 6.07 Å². The second-order valence-electron chi connectivity index (χ2n) is 12.5. The van der Waals surface area contributed by atoms with Crippen molar-refractivity contribution in [3.8, 4) is 27.9 Å². The van der Waals surface area contributed by atoms with Gasteiger partial charge in [-0.15, -0.1) is 0 Å². The smallest absolute Gasteiger partial charge is 0.131 e. The molecule has 0 amide bonds. The van der Waals surface area contributed by atoms with Gasteiger partial charge in [0.1, 0.15) is 18.2 Å². The van der Waals surface area contributed by atoms with E-state index in [2.05, 4.69) is 191 Å². The molecule has 2 atom stereocenters. The Balaban J connectivity index is 1.13. The normalized spacial score (nSPS) is 16.0. The molecular formula is C45H34N4. The number of benzene rings is 7. The summed E-state index contributed by atoms with van der Waals surface area (Å²) in [7, 11) is 0. The second-order valence-corrected chi connectivity index (χ2v) is 12.5. The van der Waals surface area contributed by atoms with Crippen LogP contribution in [0.25, 0.3) is 49.7 Å². The topological polar surface area (TPSA) is 41.4 Å². The van der Waals surface area contributed by atoms with Crippen molar-refractivity contribution in [2.45, 2.75) is 12.3 Å². The van der Waals surface area contributed by atoms with E-state index in [0.717, 1.165) is 28.2 Å². The summed E-state index contributed by atoms with van der Waals surface area (Å²) in [5, 5.41) is 9.98. The molecule has 1 aromatic heterocycles. The van der Waals surface area contributed by atoms with Crippen LogP contribution < -0.4 is 10.6 Å². The molecule has 0 radical (unpaired) electrons. The first-order valence-electron chi connectivity index (χ1n) is 16.8. The van der Waals surface area contributed by atoms with Crippen molar-refractivity contribution < 1.29 is 0 Å². The highest BCUT2D eigenvalue weighted by Crippen LogP contribution is 2.35. The van der Waals surface area contributed by atoms with Crippen LogP contribution in [-0.4, -0.2) is 10.4 Å². The van der Waals surface area contributed by atoms with Gasteiger partial charge in [0.25, 0.3) is 0 Å². The fourth-order valence-electron chi connectivity index (χ4n) is 7.03. The van der Waals surface area contributed by atoms with Gasteiger partial charge in [-0.25, -0.2) is 4.99 Å². The van der Waals surface area contributed by atoms with Crippen molar-refractivity contribution in [2.75, 3.05) is 0 Å². The molecule has 2 unspecified atom stereocenters. The Kier molecular flexibility index (Phi) is 7.34. The number of nitrogens with one attached hydrogen (secondary N) is 2. The second kappa shape index (κ2) is 12.4. The number of amidine groups is 1. The van der Waals surface area contributed by atoms with Gasteiger partial charge in [0.15, 0.2) is 0 Å². The number of aliphatic imine (C=N–C) groups is 1. The molecule has 4 heteroatoms. The zero-order chi connectivity index (χ0) is 32.6. The Morgan fingerprint density at radius 3 is 1.78 bits per heavy atom. The molecule has 2 heterocycles. The van der Waals surface area contributed by atoms with E-state index in [-0.39, 0.29) is 12.3 Å². The Morgan fingerprint density at radius 1 is 0.429 bits per heavy atom. The van der Waals surface area contributed by atoms with E-state index >= 15 is 0 Å². The molecule has 0 saturated heterocycles. The van der Waals surface area contributed by atoms with Gasteiger partial charge in [-0.1, -0.05) is 158 Å². The minimum atomic E-state index is -0.207. The fraction of sp³-hybridized carbons (Fsp3) is 0.0444. The standard InChI is InChI=1S/C45H34N4/c1-4-13-31(14-5-1)33-23-25-35(26-24-33)44-46-43(34-17-8-3-9-18-34)47-45(48-44)37-19-12-20-38(29-37)49-41-22-11-10-21-39(41)40-28-27-36(30-42(40)49)32-15-6-2-7-16-32/h1-30,43-44,46H,(H,47,48). The van der Waals surface area contributed by atoms with Gasteiger partial charge in [-0.2, -0.15) is 0 Å². The van der Waals surface area contributed by atoms with Crippen LogP contribution in [0.15, 0.2) is 187 Å². The minimum absolute atomic E-state index is 0.132. The van der Waals surface area contributed by atoms with Crippen molar-refractivity contribution >= 4 is 27.6 Å². The van der Waals surface area contributed by atoms with Crippen molar-refractivity contribution in [1.29, 1.82) is 0 Å². The number of rotatable bonds is 6. The number of fused-ring (bicyclic) bond motifs is 3. The van der Waals surface area contributed by atoms with Gasteiger partial charge in [0.05, 0.1) is 11.0 Å². The lowest BCUT2D eigenvalue weighted by atomic mass is 10.0. The summed E-state index contributed by atoms with van der Waals surface area (Å²) < 4.78 is 2.39. The zero-order valence-electron chi connectivity index (χ0n) is 26.9. The first-order chi connectivity index (χ1) is 24.3. The fourth-order valence-corrected chi connectivity index (χ4v) is 7.03. The van der Waals surface area contributed by atoms with Gasteiger partial charge in [-0.05, 0) is 57.6 Å². The first-order valence-corrected chi connectivity index (χ1v) is 16.8. The van der Waals surface area contributed by atoms with E-state index in [4.69, 9.17) is 4.99 Å². The minimum Gasteiger partial charge on any atom is -0.350 e. The summed E-state index contributed by atoms with van der Waals surface area (Å²) in [6, 6.07) is 64.6. The summed E-state index contributed by atoms with van der Waals surface area (Å²) in [5.74, 6) is 0.859. The monoisotopic (exact) mass is 630 g/mol. The summed E-state index contributed by atoms with van der Waals surface area (Å²) in [6.07, 6.45) is -0.338. The number of hydrogen-bond acceptors (Lipinski definition) is 3. The van der Waals surface area contributed by atoms with E-state index in [1.165, 1.54) is 44.1 Å². The van der Waals surface area contributed by atoms with Crippen LogP contribution in [0, 0.1) is 0 Å². The molecule has 234 valence electrons. The van der Waals surface area contributed by atoms with Crippen molar-refractivity contribution in [1.82, 2.24) is 15.2 Å². The predicted octanol–water partition coefficient (Wildman–Crippen LogP) is 10.5. The van der Waals surface area contributed by atoms with E-state index in [9.17, 15) is 0 Å². The Morgan fingerprint density at radius 2 is 1.02 bits per heavy atom. The maximum atomic E-state index is 5.25. The number of aromatic nitrogens is 1. The van der Waals surface area contributed by atoms with Crippen LogP contribution >= 0.6 is 0 Å². The Hall–Kier alpha value is -6.23. The molecule has 0 aliphatic carbocycles. The quantitative estimate of drug-likeness (QED) is 0.192. The first kappa shape index (κ1) is 29.0. The molecule has 2 N–H and O–H groups in total. The van der Waals surface area contributed by atoms with Gasteiger partial charge < -0.3 is 9.88 Å². The largest absolute Gasteiger partial charge is 0.350 e. The maximum Gasteiger partial charge on any atom is 0.131 e. The average molecular weight is 631 g/mol. The number of hydrogen-bond donors (Lipinski definition) is 2. The number of nitrogens with zero attached hydrogens (tertiary/aromatic N) is 2. The van der Waals surface area contributed by atoms with E-state index in [0.29, 0.717) is 0 Å². The highest BCUT2D eigenvalue weighted by atomic mass is 15.3. The van der Waals surface area contributed by atoms with Crippen LogP contribution in [-0.2, 0) is 0 Å². The lowest BCUT2D eigenvalue weighted by molar-refractivity contribution is 0.409. The molecule has 9 rings (SSSR count). The van der Waals surface area contributed by atoms with Crippen molar-refractivity contribution in [2.24, 2.45) is 4.99 Å². The molecule has 1 aliphatic rings. The van der Waals surface area contributed by atoms with Crippen LogP contribution in [0.1, 0.15) is 29.0 Å². The third-order valence-corrected chi connectivity index (χ3v) is 9.49. The number of para-hydroxylation sites is 1. The van der Waals surface area contributed by atoms with Crippen molar-refractivity contribution in [3.63, 3.8) is 0 Å². The molecule has 0 saturated carbocycles. The third-order valence-electron chi connectivity index (χ3n) is 9.49. The average Bonchev–Trinajstić information content (AvgIpc) is 3.52. The molecular weight excluding hydrogens is 597 g/mol. The highest BCUT2D eigenvalue weighted by Gasteiger charge is 2.26. The maximum absolute atomic E-state index is 5.25. The Bertz CT molecular complexity index is 2430. The lowest BCUT2D eigenvalue weighted by Crippen LogP contribution is -2.45. The van der Waals surface area contributed by atoms with Crippen LogP contribution in [0.5, 0.6) is 0 Å². The van der Waals surface area contributed by atoms with Crippen LogP contribution in [0.4, 0.5) is 0 Å². The highest BCUT2D eigenvalue weighted by molar-refractivity contribution is 6.10. The molecule has 8 aromatic rings. The summed E-state index contributed by atoms with van der Waals surface area (Å²) in [4.78, 5) is 5.25. The van der Waals surface area contributed by atoms with Gasteiger partial charge in [-0.3, -0.25) is 5.32 Å². The molecule has 7 aromatic carbocycles. The summed E-state index contributed by atoms with van der Waals surface area (Å²) >= 11 is 0. The van der Waals surface area contributed by atoms with Crippen LogP contribution in [0.3, 0.4) is 0 Å². The summed E-state index contributed by atoms with van der Waals surface area (Å²) in [6.45, 7) is 0. The van der Waals surface area contributed by atoms with Gasteiger partial charge in [0.2, 0.25) is 0 Å². The molecule has 0 bridgehead atoms.